The number of fused-ring (bicyclic) bond motifs is 3. The Bertz CT molecular complexity index is 1430. The first-order chi connectivity index (χ1) is 16.4. The van der Waals surface area contributed by atoms with Crippen LogP contribution in [0.25, 0.3) is 16.7 Å². The number of morpholine rings is 1. The van der Waals surface area contributed by atoms with Crippen molar-refractivity contribution in [2.24, 2.45) is 0 Å². The number of methoxy groups -OCH3 is 1. The maximum Gasteiger partial charge on any atom is 0.352 e. The summed E-state index contributed by atoms with van der Waals surface area (Å²) in [7, 11) is 1.26. The number of ether oxygens (including phenoxy) is 2. The van der Waals surface area contributed by atoms with Gasteiger partial charge in [-0.3, -0.25) is 9.47 Å². The van der Waals surface area contributed by atoms with Crippen LogP contribution in [0, 0.1) is 11.6 Å². The summed E-state index contributed by atoms with van der Waals surface area (Å²) in [4.78, 5) is 24.2. The fourth-order valence-corrected chi connectivity index (χ4v) is 4.57. The number of benzene rings is 1. The van der Waals surface area contributed by atoms with E-state index in [-0.39, 0.29) is 30.1 Å². The van der Waals surface area contributed by atoms with Crippen LogP contribution in [0.1, 0.15) is 25.0 Å². The minimum atomic E-state index is -1.11. The highest BCUT2D eigenvalue weighted by atomic mass is 19.2. The Hall–Kier alpha value is -3.44. The van der Waals surface area contributed by atoms with Crippen LogP contribution in [0.4, 0.5) is 8.78 Å². The van der Waals surface area contributed by atoms with Crippen molar-refractivity contribution < 1.29 is 18.3 Å². The molecule has 9 nitrogen and oxygen atoms in total. The lowest BCUT2D eigenvalue weighted by atomic mass is 10.1. The molecule has 1 aliphatic heterocycles. The summed E-state index contributed by atoms with van der Waals surface area (Å²) in [6.07, 6.45) is 3.24. The summed E-state index contributed by atoms with van der Waals surface area (Å²) in [5.41, 5.74) is 1.05. The maximum atomic E-state index is 14.7. The van der Waals surface area contributed by atoms with Crippen LogP contribution in [-0.4, -0.2) is 61.5 Å². The minimum absolute atomic E-state index is 0.0108. The van der Waals surface area contributed by atoms with Gasteiger partial charge >= 0.3 is 5.69 Å². The molecule has 2 atom stereocenters. The number of halogens is 2. The summed E-state index contributed by atoms with van der Waals surface area (Å²) < 4.78 is 42.0. The van der Waals surface area contributed by atoms with Crippen LogP contribution >= 0.6 is 0 Å². The number of hydrogen-bond donors (Lipinski definition) is 0. The van der Waals surface area contributed by atoms with Crippen molar-refractivity contribution in [3.63, 3.8) is 0 Å². The van der Waals surface area contributed by atoms with E-state index in [1.165, 1.54) is 30.1 Å². The predicted octanol–water partition coefficient (Wildman–Crippen LogP) is 2.38. The van der Waals surface area contributed by atoms with E-state index < -0.39 is 17.3 Å². The summed E-state index contributed by atoms with van der Waals surface area (Å²) in [5.74, 6) is -2.40. The van der Waals surface area contributed by atoms with E-state index in [4.69, 9.17) is 9.47 Å². The van der Waals surface area contributed by atoms with Crippen LogP contribution in [0.5, 0.6) is 5.75 Å². The Kier molecular flexibility index (Phi) is 5.74. The van der Waals surface area contributed by atoms with Gasteiger partial charge in [-0.25, -0.2) is 19.2 Å². The quantitative estimate of drug-likeness (QED) is 0.443. The van der Waals surface area contributed by atoms with Gasteiger partial charge < -0.3 is 9.47 Å². The summed E-state index contributed by atoms with van der Waals surface area (Å²) in [6, 6.07) is 4.62. The van der Waals surface area contributed by atoms with E-state index in [1.54, 1.807) is 6.20 Å². The van der Waals surface area contributed by atoms with Gasteiger partial charge in [-0.2, -0.15) is 14.0 Å². The molecule has 0 radical (unpaired) electrons. The molecule has 1 fully saturated rings. The zero-order chi connectivity index (χ0) is 24.0. The normalized spacial score (nSPS) is 19.2. The van der Waals surface area contributed by atoms with Gasteiger partial charge in [-0.15, -0.1) is 0 Å². The third-order valence-corrected chi connectivity index (χ3v) is 5.96. The lowest BCUT2D eigenvalue weighted by Crippen LogP contribution is -2.44. The second-order valence-electron chi connectivity index (χ2n) is 8.59. The van der Waals surface area contributed by atoms with Crippen LogP contribution in [0.2, 0.25) is 0 Å². The molecule has 1 aliphatic rings. The van der Waals surface area contributed by atoms with Gasteiger partial charge in [0.05, 0.1) is 31.2 Å². The molecule has 0 bridgehead atoms. The molecule has 11 heteroatoms. The molecular weight excluding hydrogens is 446 g/mol. The number of pyridine rings is 1. The molecule has 0 amide bonds. The Morgan fingerprint density at radius 2 is 1.85 bits per heavy atom. The molecule has 2 unspecified atom stereocenters. The summed E-state index contributed by atoms with van der Waals surface area (Å²) in [6.45, 7) is 6.10. The highest BCUT2D eigenvalue weighted by molar-refractivity contribution is 5.89. The van der Waals surface area contributed by atoms with Gasteiger partial charge in [0.1, 0.15) is 12.0 Å². The molecule has 5 rings (SSSR count). The van der Waals surface area contributed by atoms with Crippen LogP contribution < -0.4 is 10.4 Å². The minimum Gasteiger partial charge on any atom is -0.494 e. The average molecular weight is 470 g/mol. The van der Waals surface area contributed by atoms with Crippen LogP contribution in [0.3, 0.4) is 0 Å². The largest absolute Gasteiger partial charge is 0.494 e. The smallest absolute Gasteiger partial charge is 0.352 e. The first-order valence-corrected chi connectivity index (χ1v) is 11.0. The maximum absolute atomic E-state index is 14.7. The summed E-state index contributed by atoms with van der Waals surface area (Å²) in [5, 5.41) is 4.63. The molecule has 0 N–H and O–H groups in total. The molecule has 178 valence electrons. The molecule has 1 aromatic carbocycles. The zero-order valence-electron chi connectivity index (χ0n) is 19.0. The van der Waals surface area contributed by atoms with Gasteiger partial charge in [0.15, 0.2) is 17.2 Å². The fourth-order valence-electron chi connectivity index (χ4n) is 4.57. The highest BCUT2D eigenvalue weighted by Gasteiger charge is 2.23. The van der Waals surface area contributed by atoms with E-state index in [0.29, 0.717) is 23.2 Å². The van der Waals surface area contributed by atoms with Crippen LogP contribution in [0.15, 0.2) is 35.5 Å². The van der Waals surface area contributed by atoms with Crippen molar-refractivity contribution in [3.05, 3.63) is 64.0 Å². The topological polar surface area (TPSA) is 86.8 Å². The third kappa shape index (κ3) is 3.90. The number of nitrogens with zero attached hydrogens (tertiary/aromatic N) is 6. The molecule has 4 aromatic rings. The van der Waals surface area contributed by atoms with Crippen molar-refractivity contribution in [3.8, 4) is 5.75 Å². The Morgan fingerprint density at radius 3 is 2.59 bits per heavy atom. The van der Waals surface area contributed by atoms with Gasteiger partial charge in [0.2, 0.25) is 5.82 Å². The average Bonchev–Trinajstić information content (AvgIpc) is 3.29. The molecule has 34 heavy (non-hydrogen) atoms. The van der Waals surface area contributed by atoms with Gasteiger partial charge in [0, 0.05) is 31.4 Å². The molecule has 4 heterocycles. The number of hydrogen-bond acceptors (Lipinski definition) is 7. The molecule has 0 spiro atoms. The third-order valence-electron chi connectivity index (χ3n) is 5.96. The predicted molar refractivity (Wildman–Crippen MR) is 120 cm³/mol. The molecule has 1 saturated heterocycles. The first-order valence-electron chi connectivity index (χ1n) is 11.0. The van der Waals surface area contributed by atoms with Crippen LogP contribution in [-0.2, 0) is 17.8 Å². The number of rotatable bonds is 5. The van der Waals surface area contributed by atoms with E-state index >= 15 is 0 Å². The zero-order valence-corrected chi connectivity index (χ0v) is 19.0. The molecule has 3 aromatic heterocycles. The summed E-state index contributed by atoms with van der Waals surface area (Å²) >= 11 is 0. The lowest BCUT2D eigenvalue weighted by molar-refractivity contribution is -0.0705. The van der Waals surface area contributed by atoms with E-state index in [0.717, 1.165) is 23.2 Å². The molecular formula is C23H24F2N6O3. The fraction of sp³-hybridized carbons (Fsp3) is 0.391. The number of aromatic nitrogens is 5. The second kappa shape index (κ2) is 8.73. The first kappa shape index (κ1) is 22.4. The Balaban J connectivity index is 1.58. The lowest BCUT2D eigenvalue weighted by Gasteiger charge is -2.35. The van der Waals surface area contributed by atoms with Gasteiger partial charge in [0.25, 0.3) is 0 Å². The van der Waals surface area contributed by atoms with Crippen molar-refractivity contribution in [2.45, 2.75) is 39.1 Å². The van der Waals surface area contributed by atoms with Crippen molar-refractivity contribution in [1.29, 1.82) is 0 Å². The standard InChI is InChI=1S/C23H24F2N6O3/c1-13-8-29(9-14(2)34-13)10-15-6-17-21(26-7-15)30(23(32)31-22(17)27-12-28-31)11-16-4-5-18(33-3)20(25)19(16)24/h4-7,12-14H,8-11H2,1-3H3. The highest BCUT2D eigenvalue weighted by Crippen LogP contribution is 2.24. The molecule has 0 saturated carbocycles. The van der Waals surface area contributed by atoms with Crippen molar-refractivity contribution >= 4 is 16.7 Å². The van der Waals surface area contributed by atoms with E-state index in [9.17, 15) is 13.6 Å². The van der Waals surface area contributed by atoms with Gasteiger partial charge in [-0.05, 0) is 31.5 Å². The Labute approximate surface area is 193 Å². The van der Waals surface area contributed by atoms with Crippen molar-refractivity contribution in [2.75, 3.05) is 20.2 Å². The second-order valence-corrected chi connectivity index (χ2v) is 8.59. The SMILES string of the molecule is COc1ccc(Cn2c(=O)n3ncnc3c3cc(CN4CC(C)OC(C)C4)cnc32)c(F)c1F. The Morgan fingerprint density at radius 1 is 1.09 bits per heavy atom. The monoisotopic (exact) mass is 470 g/mol. The van der Waals surface area contributed by atoms with E-state index in [1.807, 2.05) is 19.9 Å². The van der Waals surface area contributed by atoms with Crippen molar-refractivity contribution in [1.82, 2.24) is 29.0 Å². The molecule has 0 aliphatic carbocycles. The van der Waals surface area contributed by atoms with E-state index in [2.05, 4.69) is 20.0 Å². The van der Waals surface area contributed by atoms with Gasteiger partial charge in [-0.1, -0.05) is 6.07 Å².